The van der Waals surface area contributed by atoms with E-state index in [0.717, 1.165) is 0 Å². The van der Waals surface area contributed by atoms with Gasteiger partial charge in [-0.25, -0.2) is 9.98 Å². The van der Waals surface area contributed by atoms with Gasteiger partial charge in [0, 0.05) is 0 Å². The van der Waals surface area contributed by atoms with E-state index in [1.54, 1.807) is 11.1 Å². The summed E-state index contributed by atoms with van der Waals surface area (Å²) in [6.07, 6.45) is 1.34. The molecule has 0 unspecified atom stereocenters. The Balaban J connectivity index is 3.50. The second-order valence-corrected chi connectivity index (χ2v) is 1.63. The average Bonchev–Trinajstić information content (AvgIpc) is 1.66. The molecule has 0 saturated carbocycles. The maximum absolute atomic E-state index is 6.80. The Labute approximate surface area is 61.6 Å². The Hall–Kier alpha value is -0.260. The van der Waals surface area contributed by atoms with Gasteiger partial charge in [-0.3, -0.25) is 5.41 Å². The number of nitrogens with zero attached hydrogens (tertiary/aromatic N) is 2. The number of halogens is 1. The Bertz CT molecular complexity index is 127. The van der Waals surface area contributed by atoms with E-state index in [-0.39, 0.29) is 5.84 Å². The van der Waals surface area contributed by atoms with Gasteiger partial charge in [-0.15, -0.1) is 0 Å². The fraction of sp³-hybridized carbons (Fsp3) is 0.250. The minimum Gasteiger partial charge on any atom is -0.287 e. The molecule has 0 atom stereocenters. The average molecular weight is 223 g/mol. The van der Waals surface area contributed by atoms with E-state index < -0.39 is 0 Å². The summed E-state index contributed by atoms with van der Waals surface area (Å²) in [4.78, 5) is 7.21. The molecule has 0 aliphatic carbocycles. The summed E-state index contributed by atoms with van der Waals surface area (Å²) >= 11 is 1.98. The van der Waals surface area contributed by atoms with Crippen LogP contribution in [0.4, 0.5) is 0 Å². The zero-order valence-corrected chi connectivity index (χ0v) is 6.58. The molecule has 1 N–H and O–H groups in total. The molecule has 0 saturated heterocycles. The molecular weight excluding hydrogens is 217 g/mol. The molecule has 0 bridgehead atoms. The molecule has 0 radical (unpaired) electrons. The van der Waals surface area contributed by atoms with E-state index in [9.17, 15) is 0 Å². The van der Waals surface area contributed by atoms with Crippen molar-refractivity contribution in [2.75, 3.05) is 0 Å². The van der Waals surface area contributed by atoms with Crippen molar-refractivity contribution in [2.24, 2.45) is 9.98 Å². The van der Waals surface area contributed by atoms with Crippen LogP contribution < -0.4 is 0 Å². The molecule has 44 valence electrons. The zero-order valence-electron chi connectivity index (χ0n) is 4.43. The fourth-order valence-corrected chi connectivity index (χ4v) is 0.289. The molecule has 0 rings (SSSR count). The lowest BCUT2D eigenvalue weighted by atomic mass is 10.7. The highest BCUT2D eigenvalue weighted by Crippen LogP contribution is 1.72. The highest BCUT2D eigenvalue weighted by molar-refractivity contribution is 14.1. The van der Waals surface area contributed by atoms with Crippen molar-refractivity contribution in [3.05, 3.63) is 0 Å². The van der Waals surface area contributed by atoms with Crippen molar-refractivity contribution < 1.29 is 0 Å². The van der Waals surface area contributed by atoms with Crippen LogP contribution in [0, 0.1) is 5.41 Å². The molecule has 8 heavy (non-hydrogen) atoms. The Morgan fingerprint density at radius 3 is 2.75 bits per heavy atom. The first-order valence-corrected chi connectivity index (χ1v) is 3.21. The molecule has 4 heteroatoms. The van der Waals surface area contributed by atoms with E-state index in [2.05, 4.69) is 9.98 Å². The van der Waals surface area contributed by atoms with Crippen molar-refractivity contribution in [3.63, 3.8) is 0 Å². The quantitative estimate of drug-likeness (QED) is 0.397. The molecular formula is C4H6IN3. The van der Waals surface area contributed by atoms with Gasteiger partial charge < -0.3 is 0 Å². The van der Waals surface area contributed by atoms with E-state index in [0.29, 0.717) is 0 Å². The summed E-state index contributed by atoms with van der Waals surface area (Å²) in [5, 5.41) is 6.80. The molecule has 0 amide bonds. The number of aliphatic imine (C=N–C) groups is 2. The van der Waals surface area contributed by atoms with Crippen LogP contribution in [0.25, 0.3) is 0 Å². The number of amidine groups is 1. The second kappa shape index (κ2) is 4.89. The van der Waals surface area contributed by atoms with E-state index in [4.69, 9.17) is 5.41 Å². The molecule has 0 aromatic carbocycles. The Morgan fingerprint density at radius 2 is 2.38 bits per heavy atom. The summed E-state index contributed by atoms with van der Waals surface area (Å²) in [5.74, 6) is 0.270. The van der Waals surface area contributed by atoms with E-state index in [1.807, 2.05) is 22.6 Å². The predicted molar refractivity (Wildman–Crippen MR) is 44.4 cm³/mol. The molecule has 0 aromatic rings. The topological polar surface area (TPSA) is 48.6 Å². The van der Waals surface area contributed by atoms with Crippen LogP contribution in [-0.4, -0.2) is 16.4 Å². The van der Waals surface area contributed by atoms with Gasteiger partial charge in [0.2, 0.25) is 0 Å². The van der Waals surface area contributed by atoms with Crippen LogP contribution in [0.15, 0.2) is 9.98 Å². The number of hydrogen-bond donors (Lipinski definition) is 1. The summed E-state index contributed by atoms with van der Waals surface area (Å²) in [6, 6.07) is 0. The Kier molecular flexibility index (Phi) is 4.73. The summed E-state index contributed by atoms with van der Waals surface area (Å²) in [6.45, 7) is 1.60. The highest BCUT2D eigenvalue weighted by atomic mass is 127. The van der Waals surface area contributed by atoms with Gasteiger partial charge >= 0.3 is 0 Å². The van der Waals surface area contributed by atoms with Gasteiger partial charge in [0.1, 0.15) is 12.2 Å². The number of rotatable bonds is 1. The third-order valence-corrected chi connectivity index (χ3v) is 0.696. The smallest absolute Gasteiger partial charge is 0.119 e. The molecule has 3 nitrogen and oxygen atoms in total. The van der Waals surface area contributed by atoms with Crippen LogP contribution in [-0.2, 0) is 0 Å². The van der Waals surface area contributed by atoms with Crippen LogP contribution in [0.3, 0.4) is 0 Å². The Morgan fingerprint density at radius 1 is 1.75 bits per heavy atom. The van der Waals surface area contributed by atoms with Crippen molar-refractivity contribution in [1.29, 1.82) is 5.41 Å². The second-order valence-electron chi connectivity index (χ2n) is 1.08. The molecule has 0 aliphatic rings. The highest BCUT2D eigenvalue weighted by Gasteiger charge is 1.70. The third kappa shape index (κ3) is 5.74. The largest absolute Gasteiger partial charge is 0.287 e. The number of hydrogen-bond acceptors (Lipinski definition) is 1. The third-order valence-electron chi connectivity index (χ3n) is 0.374. The van der Waals surface area contributed by atoms with Crippen molar-refractivity contribution in [1.82, 2.24) is 0 Å². The lowest BCUT2D eigenvalue weighted by Crippen LogP contribution is -1.79. The standard InChI is InChI=1S/C4H6IN3/c1-4(6)8-3-7-2-5/h2-3,6H,1H3/b6-4?,7-2-,8-3-. The fourth-order valence-electron chi connectivity index (χ4n) is 0.145. The van der Waals surface area contributed by atoms with Crippen LogP contribution in [0.1, 0.15) is 6.92 Å². The lowest BCUT2D eigenvalue weighted by molar-refractivity contribution is 1.41. The van der Waals surface area contributed by atoms with Gasteiger partial charge in [-0.2, -0.15) is 0 Å². The van der Waals surface area contributed by atoms with Crippen LogP contribution in [0.2, 0.25) is 0 Å². The van der Waals surface area contributed by atoms with Gasteiger partial charge in [-0.05, 0) is 29.5 Å². The maximum atomic E-state index is 6.80. The van der Waals surface area contributed by atoms with Crippen molar-refractivity contribution in [3.8, 4) is 0 Å². The van der Waals surface area contributed by atoms with Crippen molar-refractivity contribution >= 4 is 39.0 Å². The minimum atomic E-state index is 0.270. The SMILES string of the molecule is CC(=N)/N=C\N=C/I. The normalized spacial score (nSPS) is 11.2. The molecule has 0 fully saturated rings. The van der Waals surface area contributed by atoms with E-state index >= 15 is 0 Å². The first-order valence-electron chi connectivity index (χ1n) is 1.97. The summed E-state index contributed by atoms with van der Waals surface area (Å²) in [7, 11) is 0. The first kappa shape index (κ1) is 7.74. The summed E-state index contributed by atoms with van der Waals surface area (Å²) < 4.78 is 1.59. The van der Waals surface area contributed by atoms with Gasteiger partial charge in [0.15, 0.2) is 0 Å². The minimum absolute atomic E-state index is 0.270. The first-order chi connectivity index (χ1) is 3.77. The monoisotopic (exact) mass is 223 g/mol. The van der Waals surface area contributed by atoms with Gasteiger partial charge in [0.05, 0.1) is 4.22 Å². The number of nitrogens with one attached hydrogen (secondary N) is 1. The van der Waals surface area contributed by atoms with Crippen LogP contribution >= 0.6 is 22.6 Å². The molecule has 0 aromatic heterocycles. The zero-order chi connectivity index (χ0) is 6.41. The molecule has 0 heterocycles. The molecule has 0 aliphatic heterocycles. The lowest BCUT2D eigenvalue weighted by Gasteiger charge is -1.76. The van der Waals surface area contributed by atoms with Crippen molar-refractivity contribution in [2.45, 2.75) is 6.92 Å². The maximum Gasteiger partial charge on any atom is 0.119 e. The van der Waals surface area contributed by atoms with Gasteiger partial charge in [-0.1, -0.05) is 0 Å². The summed E-state index contributed by atoms with van der Waals surface area (Å²) in [5.41, 5.74) is 0. The van der Waals surface area contributed by atoms with Gasteiger partial charge in [0.25, 0.3) is 0 Å². The molecule has 0 spiro atoms. The predicted octanol–water partition coefficient (Wildman–Crippen LogP) is 1.48. The van der Waals surface area contributed by atoms with E-state index in [1.165, 1.54) is 6.34 Å². The van der Waals surface area contributed by atoms with Crippen LogP contribution in [0.5, 0.6) is 0 Å².